The minimum atomic E-state index is 0.603. The number of anilines is 1. The summed E-state index contributed by atoms with van der Waals surface area (Å²) in [6, 6.07) is 8.81. The maximum Gasteiger partial charge on any atom is 0.142 e. The molecule has 1 aromatic carbocycles. The molecule has 0 aliphatic rings. The summed E-state index contributed by atoms with van der Waals surface area (Å²) in [6.07, 6.45) is 5.10. The Morgan fingerprint density at radius 2 is 1.80 bits per heavy atom. The van der Waals surface area contributed by atoms with Crippen molar-refractivity contribution in [3.05, 3.63) is 24.3 Å². The van der Waals surface area contributed by atoms with Crippen LogP contribution in [0, 0.1) is 0 Å². The molecule has 0 heterocycles. The fourth-order valence-electron chi connectivity index (χ4n) is 2.28. The summed E-state index contributed by atoms with van der Waals surface area (Å²) >= 11 is 0. The second kappa shape index (κ2) is 9.65. The first kappa shape index (κ1) is 16.8. The number of unbranched alkanes of at least 4 members (excludes halogenated alkanes) is 3. The zero-order valence-electron chi connectivity index (χ0n) is 13.5. The van der Waals surface area contributed by atoms with Gasteiger partial charge in [0.2, 0.25) is 0 Å². The number of para-hydroxylation sites is 2. The molecule has 0 saturated heterocycles. The highest BCUT2D eigenvalue weighted by molar-refractivity contribution is 5.57. The predicted octanol–water partition coefficient (Wildman–Crippen LogP) is 3.69. The third kappa shape index (κ3) is 6.29. The average molecular weight is 278 g/mol. The van der Waals surface area contributed by atoms with E-state index < -0.39 is 0 Å². The van der Waals surface area contributed by atoms with Gasteiger partial charge in [-0.15, -0.1) is 0 Å². The Morgan fingerprint density at radius 1 is 1.10 bits per heavy atom. The Bertz CT molecular complexity index is 366. The lowest BCUT2D eigenvalue weighted by Crippen LogP contribution is -2.23. The molecule has 0 radical (unpaired) electrons. The second-order valence-electron chi connectivity index (χ2n) is 5.62. The van der Waals surface area contributed by atoms with Crippen molar-refractivity contribution in [1.29, 1.82) is 0 Å². The molecule has 0 aliphatic heterocycles. The molecule has 1 aromatic rings. The third-order valence-electron chi connectivity index (χ3n) is 3.47. The molecule has 3 nitrogen and oxygen atoms in total. The van der Waals surface area contributed by atoms with Gasteiger partial charge in [0.15, 0.2) is 0 Å². The quantitative estimate of drug-likeness (QED) is 0.661. The first-order valence-electron chi connectivity index (χ1n) is 7.72. The molecule has 0 saturated carbocycles. The highest BCUT2D eigenvalue weighted by atomic mass is 16.5. The summed E-state index contributed by atoms with van der Waals surface area (Å²) in [5.74, 6) is 0.955. The Hall–Kier alpha value is -1.22. The Morgan fingerprint density at radius 3 is 2.50 bits per heavy atom. The SMILES string of the molecule is COc1ccccc1N(C)CCCCCCNC(C)C. The van der Waals surface area contributed by atoms with E-state index in [9.17, 15) is 0 Å². The molecule has 0 bridgehead atoms. The number of rotatable bonds is 10. The molecule has 0 aliphatic carbocycles. The van der Waals surface area contributed by atoms with E-state index in [0.29, 0.717) is 6.04 Å². The van der Waals surface area contributed by atoms with Crippen molar-refractivity contribution in [2.24, 2.45) is 0 Å². The maximum atomic E-state index is 5.40. The topological polar surface area (TPSA) is 24.5 Å². The molecule has 1 rings (SSSR count). The summed E-state index contributed by atoms with van der Waals surface area (Å²) in [7, 11) is 3.87. The van der Waals surface area contributed by atoms with Crippen LogP contribution in [0.3, 0.4) is 0 Å². The summed E-state index contributed by atoms with van der Waals surface area (Å²) < 4.78 is 5.40. The number of nitrogens with one attached hydrogen (secondary N) is 1. The van der Waals surface area contributed by atoms with Crippen LogP contribution in [0.15, 0.2) is 24.3 Å². The van der Waals surface area contributed by atoms with Crippen molar-refractivity contribution in [1.82, 2.24) is 5.32 Å². The van der Waals surface area contributed by atoms with Crippen molar-refractivity contribution < 1.29 is 4.74 Å². The van der Waals surface area contributed by atoms with Gasteiger partial charge in [-0.2, -0.15) is 0 Å². The molecular formula is C17H30N2O. The molecule has 1 N–H and O–H groups in total. The molecule has 0 atom stereocenters. The summed E-state index contributed by atoms with van der Waals surface area (Å²) in [5.41, 5.74) is 1.18. The summed E-state index contributed by atoms with van der Waals surface area (Å²) in [5, 5.41) is 3.46. The molecule has 0 unspecified atom stereocenters. The van der Waals surface area contributed by atoms with Crippen molar-refractivity contribution in [2.75, 3.05) is 32.1 Å². The van der Waals surface area contributed by atoms with Crippen LogP contribution >= 0.6 is 0 Å². The first-order valence-corrected chi connectivity index (χ1v) is 7.72. The average Bonchev–Trinajstić information content (AvgIpc) is 2.45. The van der Waals surface area contributed by atoms with Crippen LogP contribution in [-0.4, -0.2) is 33.3 Å². The lowest BCUT2D eigenvalue weighted by atomic mass is 10.1. The normalized spacial score (nSPS) is 10.8. The molecular weight excluding hydrogens is 248 g/mol. The second-order valence-corrected chi connectivity index (χ2v) is 5.62. The number of hydrogen-bond acceptors (Lipinski definition) is 3. The van der Waals surface area contributed by atoms with Crippen LogP contribution in [0.2, 0.25) is 0 Å². The van der Waals surface area contributed by atoms with Gasteiger partial charge in [0.25, 0.3) is 0 Å². The van der Waals surface area contributed by atoms with E-state index in [1.54, 1.807) is 7.11 Å². The minimum Gasteiger partial charge on any atom is -0.495 e. The zero-order chi connectivity index (χ0) is 14.8. The lowest BCUT2D eigenvalue weighted by Gasteiger charge is -2.21. The Balaban J connectivity index is 2.18. The smallest absolute Gasteiger partial charge is 0.142 e. The largest absolute Gasteiger partial charge is 0.495 e. The van der Waals surface area contributed by atoms with Crippen LogP contribution < -0.4 is 15.0 Å². The van der Waals surface area contributed by atoms with Gasteiger partial charge in [-0.25, -0.2) is 0 Å². The third-order valence-corrected chi connectivity index (χ3v) is 3.47. The van der Waals surface area contributed by atoms with Crippen molar-refractivity contribution in [2.45, 2.75) is 45.6 Å². The van der Waals surface area contributed by atoms with E-state index >= 15 is 0 Å². The molecule has 114 valence electrons. The van der Waals surface area contributed by atoms with E-state index in [2.05, 4.69) is 43.2 Å². The minimum absolute atomic E-state index is 0.603. The van der Waals surface area contributed by atoms with Crippen molar-refractivity contribution in [3.8, 4) is 5.75 Å². The van der Waals surface area contributed by atoms with Crippen LogP contribution in [0.4, 0.5) is 5.69 Å². The molecule has 0 spiro atoms. The summed E-state index contributed by atoms with van der Waals surface area (Å²) in [4.78, 5) is 2.28. The lowest BCUT2D eigenvalue weighted by molar-refractivity contribution is 0.414. The van der Waals surface area contributed by atoms with E-state index in [1.165, 1.54) is 31.4 Å². The summed E-state index contributed by atoms with van der Waals surface area (Å²) in [6.45, 7) is 6.61. The van der Waals surface area contributed by atoms with E-state index in [0.717, 1.165) is 18.8 Å². The fourth-order valence-corrected chi connectivity index (χ4v) is 2.28. The van der Waals surface area contributed by atoms with Crippen LogP contribution in [-0.2, 0) is 0 Å². The van der Waals surface area contributed by atoms with Crippen LogP contribution in [0.25, 0.3) is 0 Å². The number of nitrogens with zero attached hydrogens (tertiary/aromatic N) is 1. The predicted molar refractivity (Wildman–Crippen MR) is 87.9 cm³/mol. The van der Waals surface area contributed by atoms with Gasteiger partial charge in [-0.3, -0.25) is 0 Å². The van der Waals surface area contributed by atoms with Crippen molar-refractivity contribution >= 4 is 5.69 Å². The van der Waals surface area contributed by atoms with Gasteiger partial charge in [-0.05, 0) is 31.5 Å². The van der Waals surface area contributed by atoms with Crippen LogP contribution in [0.1, 0.15) is 39.5 Å². The Labute approximate surface area is 124 Å². The Kier molecular flexibility index (Phi) is 8.12. The van der Waals surface area contributed by atoms with Gasteiger partial charge in [0, 0.05) is 19.6 Å². The van der Waals surface area contributed by atoms with E-state index in [4.69, 9.17) is 4.74 Å². The number of methoxy groups -OCH3 is 1. The van der Waals surface area contributed by atoms with Gasteiger partial charge >= 0.3 is 0 Å². The molecule has 0 fully saturated rings. The van der Waals surface area contributed by atoms with Crippen LogP contribution in [0.5, 0.6) is 5.75 Å². The van der Waals surface area contributed by atoms with Gasteiger partial charge in [-0.1, -0.05) is 38.8 Å². The van der Waals surface area contributed by atoms with Crippen molar-refractivity contribution in [3.63, 3.8) is 0 Å². The molecule has 0 aromatic heterocycles. The number of hydrogen-bond donors (Lipinski definition) is 1. The van der Waals surface area contributed by atoms with Gasteiger partial charge in [0.1, 0.15) is 5.75 Å². The van der Waals surface area contributed by atoms with E-state index in [-0.39, 0.29) is 0 Å². The van der Waals surface area contributed by atoms with Gasteiger partial charge < -0.3 is 15.0 Å². The maximum absolute atomic E-state index is 5.40. The number of benzene rings is 1. The highest BCUT2D eigenvalue weighted by Gasteiger charge is 2.06. The zero-order valence-corrected chi connectivity index (χ0v) is 13.5. The first-order chi connectivity index (χ1) is 9.65. The fraction of sp³-hybridized carbons (Fsp3) is 0.647. The van der Waals surface area contributed by atoms with E-state index in [1.807, 2.05) is 12.1 Å². The molecule has 0 amide bonds. The standard InChI is InChI=1S/C17H30N2O/c1-15(2)18-13-9-5-6-10-14-19(3)16-11-7-8-12-17(16)20-4/h7-8,11-12,15,18H,5-6,9-10,13-14H2,1-4H3. The molecule has 20 heavy (non-hydrogen) atoms. The number of ether oxygens (including phenoxy) is 1. The highest BCUT2D eigenvalue weighted by Crippen LogP contribution is 2.26. The molecule has 3 heteroatoms. The van der Waals surface area contributed by atoms with Gasteiger partial charge in [0.05, 0.1) is 12.8 Å². The monoisotopic (exact) mass is 278 g/mol.